The number of rotatable bonds is 15. The Hall–Kier alpha value is -0.940. The van der Waals surface area contributed by atoms with Crippen LogP contribution in [0.5, 0.6) is 11.5 Å². The topological polar surface area (TPSA) is 118 Å². The Morgan fingerprint density at radius 2 is 1.24 bits per heavy atom. The molecule has 1 radical (unpaired) electrons. The van der Waals surface area contributed by atoms with Crippen molar-refractivity contribution in [2.75, 3.05) is 0 Å². The van der Waals surface area contributed by atoms with Gasteiger partial charge in [0, 0.05) is 29.6 Å². The average molecular weight is 522 g/mol. The monoisotopic (exact) mass is 521 g/mol. The molecular weight excluding hydrogens is 487 g/mol. The molecule has 2 N–H and O–H groups in total. The van der Waals surface area contributed by atoms with Crippen molar-refractivity contribution in [1.82, 2.24) is 0 Å². The third-order valence-electron chi connectivity index (χ3n) is 5.45. The summed E-state index contributed by atoms with van der Waals surface area (Å²) in [5, 5.41) is 0. The van der Waals surface area contributed by atoms with Gasteiger partial charge < -0.3 is 4.74 Å². The first-order valence-electron chi connectivity index (χ1n) is 11.5. The summed E-state index contributed by atoms with van der Waals surface area (Å²) >= 11 is 0. The Balaban J connectivity index is 0.00000578. The Morgan fingerprint density at radius 3 is 1.74 bits per heavy atom. The molecule has 0 aliphatic rings. The fourth-order valence-electron chi connectivity index (χ4n) is 3.62. The minimum Gasteiger partial charge on any atom is -0.456 e. The van der Waals surface area contributed by atoms with Gasteiger partial charge in [-0.3, -0.25) is 9.11 Å². The maximum atomic E-state index is 11.7. The molecule has 0 saturated heterocycles. The molecule has 0 unspecified atom stereocenters. The van der Waals surface area contributed by atoms with Crippen molar-refractivity contribution in [3.63, 3.8) is 0 Å². The summed E-state index contributed by atoms with van der Waals surface area (Å²) in [6.45, 7) is 2.22. The van der Waals surface area contributed by atoms with E-state index in [0.29, 0.717) is 0 Å². The number of aryl methyl sites for hydroxylation is 1. The predicted octanol–water partition coefficient (Wildman–Crippen LogP) is 6.05. The van der Waals surface area contributed by atoms with E-state index in [1.807, 2.05) is 0 Å². The summed E-state index contributed by atoms with van der Waals surface area (Å²) < 4.78 is 70.1. The van der Waals surface area contributed by atoms with Gasteiger partial charge >= 0.3 is 0 Å². The summed E-state index contributed by atoms with van der Waals surface area (Å²) in [6, 6.07) is 9.43. The van der Waals surface area contributed by atoms with Crippen LogP contribution >= 0.6 is 0 Å². The van der Waals surface area contributed by atoms with Crippen LogP contribution < -0.4 is 4.74 Å². The van der Waals surface area contributed by atoms with Gasteiger partial charge in [0.15, 0.2) is 0 Å². The van der Waals surface area contributed by atoms with E-state index < -0.39 is 20.2 Å². The van der Waals surface area contributed by atoms with Gasteiger partial charge in [-0.1, -0.05) is 70.8 Å². The van der Waals surface area contributed by atoms with Gasteiger partial charge in [0.1, 0.15) is 16.4 Å². The van der Waals surface area contributed by atoms with Gasteiger partial charge in [-0.05, 0) is 54.8 Å². The van der Waals surface area contributed by atoms with Crippen molar-refractivity contribution in [2.45, 2.75) is 87.3 Å². The van der Waals surface area contributed by atoms with Crippen molar-refractivity contribution in [2.24, 2.45) is 0 Å². The zero-order valence-corrected chi connectivity index (χ0v) is 23.7. The van der Waals surface area contributed by atoms with Crippen molar-refractivity contribution in [3.8, 4) is 11.5 Å². The normalized spacial score (nSPS) is 11.7. The van der Waals surface area contributed by atoms with E-state index in [1.165, 1.54) is 69.6 Å². The van der Waals surface area contributed by atoms with Crippen molar-refractivity contribution in [3.05, 3.63) is 48.0 Å². The van der Waals surface area contributed by atoms with E-state index >= 15 is 0 Å². The van der Waals surface area contributed by atoms with Crippen LogP contribution in [0.15, 0.2) is 52.3 Å². The van der Waals surface area contributed by atoms with E-state index in [0.717, 1.165) is 37.0 Å². The molecule has 0 saturated carbocycles. The smallest absolute Gasteiger partial charge is 0.298 e. The molecule has 0 amide bonds. The average Bonchev–Trinajstić information content (AvgIpc) is 2.74. The fourth-order valence-corrected chi connectivity index (χ4v) is 4.70. The summed E-state index contributed by atoms with van der Waals surface area (Å²) in [5.74, 6) is 0.130. The number of ether oxygens (including phenoxy) is 1. The third kappa shape index (κ3) is 11.2. The number of hydrogen-bond acceptors (Lipinski definition) is 5. The van der Waals surface area contributed by atoms with Gasteiger partial charge in [-0.2, -0.15) is 16.8 Å². The summed E-state index contributed by atoms with van der Waals surface area (Å²) in [4.78, 5) is -0.673. The fraction of sp³-hybridized carbons (Fsp3) is 0.500. The summed E-state index contributed by atoms with van der Waals surface area (Å²) in [7, 11) is -8.85. The Labute approximate surface area is 226 Å². The van der Waals surface area contributed by atoms with Crippen LogP contribution in [-0.4, -0.2) is 55.5 Å². The number of hydrogen-bond donors (Lipinski definition) is 2. The first kappa shape index (κ1) is 31.1. The second-order valence-electron chi connectivity index (χ2n) is 8.24. The maximum Gasteiger partial charge on any atom is 0.298 e. The minimum absolute atomic E-state index is 0. The van der Waals surface area contributed by atoms with Crippen molar-refractivity contribution < 1.29 is 30.7 Å². The molecule has 0 fully saturated rings. The molecular formula is C24H34NaO7S2. The summed E-state index contributed by atoms with van der Waals surface area (Å²) in [5.41, 5.74) is 0.881. The van der Waals surface area contributed by atoms with Gasteiger partial charge in [-0.15, -0.1) is 0 Å². The zero-order valence-electron chi connectivity index (χ0n) is 20.1. The van der Waals surface area contributed by atoms with E-state index in [9.17, 15) is 21.4 Å². The molecule has 0 aliphatic heterocycles. The molecule has 0 aromatic heterocycles. The van der Waals surface area contributed by atoms with Gasteiger partial charge in [0.25, 0.3) is 20.2 Å². The molecule has 7 nitrogen and oxygen atoms in total. The quantitative estimate of drug-likeness (QED) is 0.166. The molecule has 0 bridgehead atoms. The number of unbranched alkanes of at least 4 members (excludes halogenated alkanes) is 9. The maximum absolute atomic E-state index is 11.7. The van der Waals surface area contributed by atoms with E-state index in [1.54, 1.807) is 12.1 Å². The zero-order chi connectivity index (χ0) is 24.3. The molecule has 34 heavy (non-hydrogen) atoms. The van der Waals surface area contributed by atoms with Crippen LogP contribution in [0.3, 0.4) is 0 Å². The third-order valence-corrected chi connectivity index (χ3v) is 7.22. The van der Waals surface area contributed by atoms with Crippen molar-refractivity contribution >= 4 is 49.8 Å². The molecule has 2 aromatic carbocycles. The first-order valence-corrected chi connectivity index (χ1v) is 14.3. The van der Waals surface area contributed by atoms with E-state index in [4.69, 9.17) is 9.29 Å². The molecule has 0 atom stereocenters. The Kier molecular flexibility index (Phi) is 13.9. The molecule has 0 heterocycles. The van der Waals surface area contributed by atoms with Crippen LogP contribution in [0, 0.1) is 0 Å². The second-order valence-corrected chi connectivity index (χ2v) is 11.0. The molecule has 0 aliphatic carbocycles. The van der Waals surface area contributed by atoms with Crippen molar-refractivity contribution in [1.29, 1.82) is 0 Å². The van der Waals surface area contributed by atoms with Gasteiger partial charge in [-0.25, -0.2) is 0 Å². The molecule has 10 heteroatoms. The van der Waals surface area contributed by atoms with E-state index in [2.05, 4.69) is 6.92 Å². The van der Waals surface area contributed by atoms with Gasteiger partial charge in [0.2, 0.25) is 0 Å². The van der Waals surface area contributed by atoms with Gasteiger partial charge in [0.05, 0.1) is 4.90 Å². The van der Waals surface area contributed by atoms with Crippen LogP contribution in [0.1, 0.15) is 76.7 Å². The van der Waals surface area contributed by atoms with Crippen LogP contribution in [0.4, 0.5) is 0 Å². The molecule has 2 rings (SSSR count). The van der Waals surface area contributed by atoms with Crippen LogP contribution in [0.25, 0.3) is 0 Å². The Bertz CT molecular complexity index is 1080. The predicted molar refractivity (Wildman–Crippen MR) is 134 cm³/mol. The molecule has 0 spiro atoms. The standard InChI is InChI=1S/C24H34O7S2.Na/c1-2-3-4-5-6-7-8-9-10-11-12-20-13-18-24(33(28,29)30)23(19-20)31-21-14-16-22(17-15-21)32(25,26)27;/h13-19H,2-12H2,1H3,(H,25,26,27)(H,28,29,30);. The first-order chi connectivity index (χ1) is 15.6. The van der Waals surface area contributed by atoms with Crippen LogP contribution in [0.2, 0.25) is 0 Å². The molecule has 2 aromatic rings. The second kappa shape index (κ2) is 15.2. The SMILES string of the molecule is CCCCCCCCCCCCc1ccc(S(=O)(=O)O)c(Oc2ccc(S(=O)(=O)O)cc2)c1.[Na]. The van der Waals surface area contributed by atoms with Crippen LogP contribution in [-0.2, 0) is 26.7 Å². The van der Waals surface area contributed by atoms with E-state index in [-0.39, 0.29) is 50.8 Å². The minimum atomic E-state index is -4.51. The largest absolute Gasteiger partial charge is 0.456 e. The molecule has 185 valence electrons. The number of benzene rings is 2. The Morgan fingerprint density at radius 1 is 0.706 bits per heavy atom. The summed E-state index contributed by atoms with van der Waals surface area (Å²) in [6.07, 6.45) is 13.0.